The van der Waals surface area contributed by atoms with E-state index in [2.05, 4.69) is 12.2 Å². The van der Waals surface area contributed by atoms with Gasteiger partial charge in [-0.05, 0) is 25.2 Å². The van der Waals surface area contributed by atoms with Crippen molar-refractivity contribution in [3.05, 3.63) is 23.3 Å². The summed E-state index contributed by atoms with van der Waals surface area (Å²) in [6, 6.07) is 0. The van der Waals surface area contributed by atoms with E-state index in [0.29, 0.717) is 11.6 Å². The van der Waals surface area contributed by atoms with Gasteiger partial charge in [-0.3, -0.25) is 14.5 Å². The molecule has 0 aromatic carbocycles. The minimum absolute atomic E-state index is 0.00832. The number of carbonyl (C=O) groups is 2. The Balaban J connectivity index is 1.85. The second-order valence-corrected chi connectivity index (χ2v) is 5.67. The van der Waals surface area contributed by atoms with Gasteiger partial charge >= 0.3 is 0 Å². The molecule has 1 heterocycles. The molecule has 0 N–H and O–H groups in total. The number of allylic oxidation sites excluding steroid dienone is 3. The van der Waals surface area contributed by atoms with E-state index in [9.17, 15) is 9.59 Å². The third kappa shape index (κ3) is 1.48. The fourth-order valence-electron chi connectivity index (χ4n) is 3.36. The van der Waals surface area contributed by atoms with E-state index >= 15 is 0 Å². The highest BCUT2D eigenvalue weighted by molar-refractivity contribution is 6.29. The number of imide groups is 1. The Kier molecular flexibility index (Phi) is 2.40. The van der Waals surface area contributed by atoms with Crippen molar-refractivity contribution in [1.29, 1.82) is 0 Å². The van der Waals surface area contributed by atoms with Crippen LogP contribution in [0.3, 0.4) is 0 Å². The summed E-state index contributed by atoms with van der Waals surface area (Å²) < 4.78 is 0. The molecule has 0 aromatic rings. The van der Waals surface area contributed by atoms with Crippen LogP contribution < -0.4 is 0 Å². The highest BCUT2D eigenvalue weighted by atomic mass is 35.5. The molecule has 1 aliphatic heterocycles. The summed E-state index contributed by atoms with van der Waals surface area (Å²) in [4.78, 5) is 25.8. The van der Waals surface area contributed by atoms with Crippen molar-refractivity contribution >= 4 is 23.4 Å². The molecule has 1 saturated heterocycles. The Hall–Kier alpha value is -1.09. The SMILES string of the molecule is C/C(Cl)=C/CN1C(=O)[C@@H]2[C@H](C1=O)[C@@H]1C=C[C@@H]2C1. The molecule has 2 bridgehead atoms. The van der Waals surface area contributed by atoms with E-state index in [-0.39, 0.29) is 35.5 Å². The van der Waals surface area contributed by atoms with Crippen LogP contribution in [0.4, 0.5) is 0 Å². The lowest BCUT2D eigenvalue weighted by Gasteiger charge is -2.14. The third-order valence-electron chi connectivity index (χ3n) is 4.12. The van der Waals surface area contributed by atoms with Crippen LogP contribution >= 0.6 is 11.6 Å². The maximum Gasteiger partial charge on any atom is 0.234 e. The standard InChI is InChI=1S/C13H14ClNO2/c1-7(14)4-5-15-12(16)10-8-2-3-9(6-8)11(10)13(15)17/h2-4,8-11H,5-6H2,1H3/b7-4-/t8-,9-,10-,11+/m1/s1. The first kappa shape index (κ1) is 11.0. The highest BCUT2D eigenvalue weighted by Gasteiger charge is 2.58. The van der Waals surface area contributed by atoms with Gasteiger partial charge in [-0.1, -0.05) is 29.8 Å². The lowest BCUT2D eigenvalue weighted by atomic mass is 9.85. The second kappa shape index (κ2) is 3.70. The molecule has 0 unspecified atom stereocenters. The van der Waals surface area contributed by atoms with E-state index in [1.165, 1.54) is 4.90 Å². The Bertz CT molecular complexity index is 420. The summed E-state index contributed by atoms with van der Waals surface area (Å²) in [6.45, 7) is 2.07. The first-order valence-electron chi connectivity index (χ1n) is 5.95. The number of likely N-dealkylation sites (tertiary alicyclic amines) is 1. The Morgan fingerprint density at radius 1 is 1.35 bits per heavy atom. The van der Waals surface area contributed by atoms with Crippen LogP contribution in [0.1, 0.15) is 13.3 Å². The van der Waals surface area contributed by atoms with Crippen molar-refractivity contribution in [2.75, 3.05) is 6.54 Å². The van der Waals surface area contributed by atoms with Gasteiger partial charge in [-0.15, -0.1) is 0 Å². The van der Waals surface area contributed by atoms with Crippen molar-refractivity contribution in [3.8, 4) is 0 Å². The summed E-state index contributed by atoms with van der Waals surface area (Å²) in [6.07, 6.45) is 6.89. The van der Waals surface area contributed by atoms with Gasteiger partial charge in [-0.25, -0.2) is 0 Å². The Morgan fingerprint density at radius 3 is 2.35 bits per heavy atom. The van der Waals surface area contributed by atoms with Gasteiger partial charge in [0.25, 0.3) is 0 Å². The first-order chi connectivity index (χ1) is 8.09. The number of hydrogen-bond acceptors (Lipinski definition) is 2. The van der Waals surface area contributed by atoms with E-state index in [1.54, 1.807) is 13.0 Å². The molecule has 0 radical (unpaired) electrons. The fourth-order valence-corrected chi connectivity index (χ4v) is 3.43. The van der Waals surface area contributed by atoms with Gasteiger partial charge in [0.15, 0.2) is 0 Å². The zero-order chi connectivity index (χ0) is 12.2. The van der Waals surface area contributed by atoms with E-state index in [0.717, 1.165) is 6.42 Å². The van der Waals surface area contributed by atoms with Crippen LogP contribution in [0.15, 0.2) is 23.3 Å². The first-order valence-corrected chi connectivity index (χ1v) is 6.33. The molecule has 4 heteroatoms. The molecule has 3 nitrogen and oxygen atoms in total. The third-order valence-corrected chi connectivity index (χ3v) is 4.27. The molecular formula is C13H14ClNO2. The quantitative estimate of drug-likeness (QED) is 0.556. The molecule has 2 aliphatic carbocycles. The fraction of sp³-hybridized carbons (Fsp3) is 0.538. The van der Waals surface area contributed by atoms with Gasteiger partial charge in [0.1, 0.15) is 0 Å². The molecule has 4 atom stereocenters. The van der Waals surface area contributed by atoms with Gasteiger partial charge in [0.05, 0.1) is 11.8 Å². The maximum atomic E-state index is 12.2. The van der Waals surface area contributed by atoms with E-state index < -0.39 is 0 Å². The average molecular weight is 252 g/mol. The summed E-state index contributed by atoms with van der Waals surface area (Å²) in [7, 11) is 0. The minimum Gasteiger partial charge on any atom is -0.278 e. The van der Waals surface area contributed by atoms with Gasteiger partial charge in [-0.2, -0.15) is 0 Å². The molecular weight excluding hydrogens is 238 g/mol. The Labute approximate surface area is 105 Å². The van der Waals surface area contributed by atoms with Crippen LogP contribution in [0, 0.1) is 23.7 Å². The monoisotopic (exact) mass is 251 g/mol. The van der Waals surface area contributed by atoms with Crippen LogP contribution in [-0.2, 0) is 9.59 Å². The number of nitrogens with zero attached hydrogens (tertiary/aromatic N) is 1. The molecule has 90 valence electrons. The van der Waals surface area contributed by atoms with Crippen molar-refractivity contribution in [3.63, 3.8) is 0 Å². The summed E-state index contributed by atoms with van der Waals surface area (Å²) in [5.74, 6) is 0.361. The maximum absolute atomic E-state index is 12.2. The predicted octanol–water partition coefficient (Wildman–Crippen LogP) is 1.94. The lowest BCUT2D eigenvalue weighted by Crippen LogP contribution is -2.33. The van der Waals surface area contributed by atoms with Crippen molar-refractivity contribution in [1.82, 2.24) is 4.90 Å². The van der Waals surface area contributed by atoms with E-state index in [1.807, 2.05) is 0 Å². The van der Waals surface area contributed by atoms with Crippen LogP contribution in [0.25, 0.3) is 0 Å². The summed E-state index contributed by atoms with van der Waals surface area (Å²) >= 11 is 5.74. The molecule has 3 aliphatic rings. The smallest absolute Gasteiger partial charge is 0.234 e. The zero-order valence-electron chi connectivity index (χ0n) is 9.60. The zero-order valence-corrected chi connectivity index (χ0v) is 10.4. The second-order valence-electron chi connectivity index (χ2n) is 5.08. The number of fused-ring (bicyclic) bond motifs is 5. The molecule has 2 fully saturated rings. The number of rotatable bonds is 2. The molecule has 2 amide bonds. The number of hydrogen-bond donors (Lipinski definition) is 0. The summed E-state index contributed by atoms with van der Waals surface area (Å²) in [5, 5.41) is 0.615. The minimum atomic E-state index is -0.0958. The lowest BCUT2D eigenvalue weighted by molar-refractivity contribution is -0.140. The number of amides is 2. The molecule has 1 saturated carbocycles. The van der Waals surface area contributed by atoms with Crippen LogP contribution in [-0.4, -0.2) is 23.3 Å². The highest BCUT2D eigenvalue weighted by Crippen LogP contribution is 2.52. The molecule has 3 rings (SSSR count). The molecule has 0 spiro atoms. The largest absolute Gasteiger partial charge is 0.278 e. The number of carbonyl (C=O) groups excluding carboxylic acids is 2. The van der Waals surface area contributed by atoms with Crippen LogP contribution in [0.5, 0.6) is 0 Å². The van der Waals surface area contributed by atoms with Crippen molar-refractivity contribution in [2.24, 2.45) is 23.7 Å². The van der Waals surface area contributed by atoms with Crippen molar-refractivity contribution in [2.45, 2.75) is 13.3 Å². The summed E-state index contributed by atoms with van der Waals surface area (Å²) in [5.41, 5.74) is 0. The van der Waals surface area contributed by atoms with E-state index in [4.69, 9.17) is 11.6 Å². The average Bonchev–Trinajstić information content (AvgIpc) is 2.92. The van der Waals surface area contributed by atoms with Gasteiger partial charge < -0.3 is 0 Å². The predicted molar refractivity (Wildman–Crippen MR) is 64.0 cm³/mol. The molecule has 0 aromatic heterocycles. The van der Waals surface area contributed by atoms with Gasteiger partial charge in [0.2, 0.25) is 11.8 Å². The topological polar surface area (TPSA) is 37.4 Å². The van der Waals surface area contributed by atoms with Gasteiger partial charge in [0, 0.05) is 11.6 Å². The normalized spacial score (nSPS) is 39.4. The Morgan fingerprint density at radius 2 is 1.88 bits per heavy atom. The number of halogens is 1. The molecule has 17 heavy (non-hydrogen) atoms. The van der Waals surface area contributed by atoms with Crippen molar-refractivity contribution < 1.29 is 9.59 Å². The van der Waals surface area contributed by atoms with Crippen LogP contribution in [0.2, 0.25) is 0 Å².